The minimum absolute atomic E-state index is 0.212. The molecular weight excluding hydrogens is 451 g/mol. The van der Waals surface area contributed by atoms with Crippen LogP contribution < -0.4 is 10.5 Å². The van der Waals surface area contributed by atoms with Gasteiger partial charge in [-0.1, -0.05) is 0 Å². The lowest BCUT2D eigenvalue weighted by atomic mass is 10.2. The molecule has 0 unspecified atom stereocenters. The standard InChI is InChI=1S/C25H27FN6O3/c1-16-13-31-14-18(11-20(26)22(31)28-16)32-15-27-21-12-17(5-6-19(21)23(32)33)29-7-9-30(10-8-29)24(34)35-25(2,3)4/h5-6,11-15H,7-10H2,1-4H3. The van der Waals surface area contributed by atoms with Crippen LogP contribution in [0.3, 0.4) is 0 Å². The van der Waals surface area contributed by atoms with Crippen molar-refractivity contribution in [1.82, 2.24) is 23.8 Å². The van der Waals surface area contributed by atoms with Crippen LogP contribution in [0.2, 0.25) is 0 Å². The molecule has 1 aliphatic rings. The number of fused-ring (bicyclic) bond motifs is 2. The number of carbonyl (C=O) groups excluding carboxylic acids is 1. The number of imidazole rings is 1. The number of rotatable bonds is 2. The van der Waals surface area contributed by atoms with Crippen molar-refractivity contribution in [2.24, 2.45) is 0 Å². The predicted molar refractivity (Wildman–Crippen MR) is 131 cm³/mol. The van der Waals surface area contributed by atoms with E-state index in [4.69, 9.17) is 4.74 Å². The predicted octanol–water partition coefficient (Wildman–Crippen LogP) is 3.54. The highest BCUT2D eigenvalue weighted by Crippen LogP contribution is 2.22. The molecule has 0 aliphatic carbocycles. The zero-order valence-corrected chi connectivity index (χ0v) is 20.2. The molecule has 9 nitrogen and oxygen atoms in total. The van der Waals surface area contributed by atoms with Crippen molar-refractivity contribution in [1.29, 1.82) is 0 Å². The lowest BCUT2D eigenvalue weighted by Gasteiger charge is -2.36. The molecule has 3 aromatic heterocycles. The van der Waals surface area contributed by atoms with Gasteiger partial charge in [0.15, 0.2) is 11.5 Å². The van der Waals surface area contributed by atoms with E-state index in [2.05, 4.69) is 14.9 Å². The van der Waals surface area contributed by atoms with Gasteiger partial charge in [0.05, 0.1) is 22.3 Å². The summed E-state index contributed by atoms with van der Waals surface area (Å²) < 4.78 is 22.9. The Hall–Kier alpha value is -3.95. The van der Waals surface area contributed by atoms with Crippen molar-refractivity contribution in [3.05, 3.63) is 64.9 Å². The van der Waals surface area contributed by atoms with Crippen LogP contribution in [-0.4, -0.2) is 61.7 Å². The van der Waals surface area contributed by atoms with Crippen LogP contribution in [0.1, 0.15) is 26.5 Å². The van der Waals surface area contributed by atoms with Gasteiger partial charge in [0.2, 0.25) is 0 Å². The maximum Gasteiger partial charge on any atom is 0.410 e. The van der Waals surface area contributed by atoms with Crippen molar-refractivity contribution in [3.63, 3.8) is 0 Å². The van der Waals surface area contributed by atoms with Crippen molar-refractivity contribution in [2.75, 3.05) is 31.1 Å². The maximum atomic E-state index is 14.6. The fourth-order valence-electron chi connectivity index (χ4n) is 4.26. The molecule has 0 saturated carbocycles. The van der Waals surface area contributed by atoms with Crippen LogP contribution in [0.25, 0.3) is 22.2 Å². The number of hydrogen-bond donors (Lipinski definition) is 0. The van der Waals surface area contributed by atoms with Gasteiger partial charge in [0, 0.05) is 50.3 Å². The largest absolute Gasteiger partial charge is 0.444 e. The van der Waals surface area contributed by atoms with Crippen LogP contribution >= 0.6 is 0 Å². The van der Waals surface area contributed by atoms with Crippen LogP contribution in [0.4, 0.5) is 14.9 Å². The summed E-state index contributed by atoms with van der Waals surface area (Å²) in [5.41, 5.74) is 1.93. The SMILES string of the molecule is Cc1cn2cc(-n3cnc4cc(N5CCN(C(=O)OC(C)(C)C)CC5)ccc4c3=O)cc(F)c2n1. The van der Waals surface area contributed by atoms with Crippen molar-refractivity contribution in [2.45, 2.75) is 33.3 Å². The summed E-state index contributed by atoms with van der Waals surface area (Å²) in [4.78, 5) is 38.0. The van der Waals surface area contributed by atoms with Crippen molar-refractivity contribution in [3.8, 4) is 5.69 Å². The third kappa shape index (κ3) is 4.43. The average Bonchev–Trinajstić information content (AvgIpc) is 3.19. The molecule has 1 aliphatic heterocycles. The summed E-state index contributed by atoms with van der Waals surface area (Å²) in [5.74, 6) is -0.511. The molecule has 5 rings (SSSR count). The zero-order chi connectivity index (χ0) is 24.9. The number of anilines is 1. The molecule has 35 heavy (non-hydrogen) atoms. The average molecular weight is 479 g/mol. The van der Waals surface area contributed by atoms with Crippen LogP contribution in [-0.2, 0) is 4.74 Å². The molecule has 1 fully saturated rings. The first kappa shape index (κ1) is 22.8. The normalized spacial score (nSPS) is 14.7. The van der Waals surface area contributed by atoms with E-state index in [1.54, 1.807) is 34.7 Å². The fraction of sp³-hybridized carbons (Fsp3) is 0.360. The third-order valence-corrected chi connectivity index (χ3v) is 5.93. The van der Waals surface area contributed by atoms with Crippen LogP contribution in [0, 0.1) is 12.7 Å². The van der Waals surface area contributed by atoms with E-state index in [0.717, 1.165) is 5.69 Å². The number of piperazine rings is 1. The molecule has 0 atom stereocenters. The van der Waals surface area contributed by atoms with Gasteiger partial charge < -0.3 is 18.9 Å². The number of aryl methyl sites for hydroxylation is 1. The molecule has 0 radical (unpaired) electrons. The molecular formula is C25H27FN6O3. The van der Waals surface area contributed by atoms with Gasteiger partial charge in [-0.15, -0.1) is 0 Å². The monoisotopic (exact) mass is 478 g/mol. The Bertz CT molecular complexity index is 1500. The number of ether oxygens (including phenoxy) is 1. The minimum atomic E-state index is -0.527. The fourth-order valence-corrected chi connectivity index (χ4v) is 4.26. The highest BCUT2D eigenvalue weighted by atomic mass is 19.1. The second kappa shape index (κ2) is 8.37. The summed E-state index contributed by atoms with van der Waals surface area (Å²) in [6, 6.07) is 6.78. The van der Waals surface area contributed by atoms with E-state index in [1.165, 1.54) is 17.0 Å². The molecule has 1 amide bonds. The van der Waals surface area contributed by atoms with E-state index in [0.29, 0.717) is 48.5 Å². The second-order valence-electron chi connectivity index (χ2n) is 9.74. The molecule has 4 heterocycles. The van der Waals surface area contributed by atoms with E-state index < -0.39 is 11.4 Å². The Morgan fingerprint density at radius 2 is 1.80 bits per heavy atom. The molecule has 4 aromatic rings. The zero-order valence-electron chi connectivity index (χ0n) is 20.2. The number of pyridine rings is 1. The van der Waals surface area contributed by atoms with Crippen molar-refractivity contribution < 1.29 is 13.9 Å². The van der Waals surface area contributed by atoms with Crippen LogP contribution in [0.15, 0.2) is 47.8 Å². The van der Waals surface area contributed by atoms with Crippen molar-refractivity contribution >= 4 is 28.3 Å². The number of carbonyl (C=O) groups is 1. The first-order valence-corrected chi connectivity index (χ1v) is 11.5. The summed E-state index contributed by atoms with van der Waals surface area (Å²) in [5, 5.41) is 0.436. The minimum Gasteiger partial charge on any atom is -0.444 e. The van der Waals surface area contributed by atoms with Crippen LogP contribution in [0.5, 0.6) is 0 Å². The van der Waals surface area contributed by atoms with Gasteiger partial charge in [-0.25, -0.2) is 19.2 Å². The lowest BCUT2D eigenvalue weighted by molar-refractivity contribution is 0.0240. The molecule has 1 aromatic carbocycles. The second-order valence-corrected chi connectivity index (χ2v) is 9.74. The lowest BCUT2D eigenvalue weighted by Crippen LogP contribution is -2.50. The Morgan fingerprint density at radius 3 is 2.51 bits per heavy atom. The number of amides is 1. The van der Waals surface area contributed by atoms with Gasteiger partial charge in [0.25, 0.3) is 5.56 Å². The number of aromatic nitrogens is 4. The molecule has 0 bridgehead atoms. The molecule has 0 spiro atoms. The molecule has 0 N–H and O–H groups in total. The van der Waals surface area contributed by atoms with Gasteiger partial charge in [-0.2, -0.15) is 0 Å². The topological polar surface area (TPSA) is 85.0 Å². The Kier molecular flexibility index (Phi) is 5.46. The first-order valence-electron chi connectivity index (χ1n) is 11.5. The summed E-state index contributed by atoms with van der Waals surface area (Å²) >= 11 is 0. The number of benzene rings is 1. The maximum absolute atomic E-state index is 14.6. The number of halogens is 1. The Labute approximate surface area is 201 Å². The highest BCUT2D eigenvalue weighted by molar-refractivity contribution is 5.82. The summed E-state index contributed by atoms with van der Waals surface area (Å²) in [6.07, 6.45) is 4.47. The number of nitrogens with zero attached hydrogens (tertiary/aromatic N) is 6. The van der Waals surface area contributed by atoms with Gasteiger partial charge in [-0.05, 0) is 45.9 Å². The summed E-state index contributed by atoms with van der Waals surface area (Å²) in [7, 11) is 0. The van der Waals surface area contributed by atoms with Gasteiger partial charge >= 0.3 is 6.09 Å². The van der Waals surface area contributed by atoms with E-state index in [1.807, 2.05) is 32.9 Å². The van der Waals surface area contributed by atoms with E-state index in [9.17, 15) is 14.0 Å². The smallest absolute Gasteiger partial charge is 0.410 e. The number of hydrogen-bond acceptors (Lipinski definition) is 6. The molecule has 182 valence electrons. The Balaban J connectivity index is 1.38. The van der Waals surface area contributed by atoms with Gasteiger partial charge in [0.1, 0.15) is 11.9 Å². The quantitative estimate of drug-likeness (QED) is 0.438. The Morgan fingerprint density at radius 1 is 1.06 bits per heavy atom. The third-order valence-electron chi connectivity index (χ3n) is 5.93. The summed E-state index contributed by atoms with van der Waals surface area (Å²) in [6.45, 7) is 9.72. The highest BCUT2D eigenvalue weighted by Gasteiger charge is 2.26. The van der Waals surface area contributed by atoms with E-state index in [-0.39, 0.29) is 17.3 Å². The first-order chi connectivity index (χ1) is 16.6. The molecule has 10 heteroatoms. The van der Waals surface area contributed by atoms with E-state index >= 15 is 0 Å². The van der Waals surface area contributed by atoms with Gasteiger partial charge in [-0.3, -0.25) is 9.36 Å². The molecule has 1 saturated heterocycles.